The molecule has 0 radical (unpaired) electrons. The van der Waals surface area contributed by atoms with Crippen LogP contribution in [0.4, 0.5) is 11.4 Å². The Morgan fingerprint density at radius 2 is 1.16 bits per heavy atom. The van der Waals surface area contributed by atoms with E-state index in [0.717, 1.165) is 28.1 Å². The van der Waals surface area contributed by atoms with Crippen LogP contribution in [0.1, 0.15) is 49.2 Å². The first-order valence-electron chi connectivity index (χ1n) is 19.9. The molecule has 1 aliphatic heterocycles. The fourth-order valence-electron chi connectivity index (χ4n) is 6.29. The highest BCUT2D eigenvalue weighted by atomic mass is 35.5. The molecule has 1 heterocycles. The zero-order chi connectivity index (χ0) is 41.4. The van der Waals surface area contributed by atoms with Gasteiger partial charge in [-0.3, -0.25) is 14.5 Å². The van der Waals surface area contributed by atoms with Gasteiger partial charge in [-0.25, -0.2) is 0 Å². The fourth-order valence-corrected chi connectivity index (χ4v) is 6.84. The highest BCUT2D eigenvalue weighted by molar-refractivity contribution is 7.82. The molecule has 1 aliphatic rings. The summed E-state index contributed by atoms with van der Waals surface area (Å²) < 4.78 is 43.6. The maximum Gasteiger partial charge on any atom is 0.251 e. The summed E-state index contributed by atoms with van der Waals surface area (Å²) in [6, 6.07) is 21.0. The molecule has 2 N–H and O–H groups in total. The molecule has 13 nitrogen and oxygen atoms in total. The number of halogens is 1. The highest BCUT2D eigenvalue weighted by Gasteiger charge is 2.41. The molecule has 0 spiro atoms. The quantitative estimate of drug-likeness (QED) is 0.0526. The average Bonchev–Trinajstić information content (AvgIpc) is 3.21. The standard InChI is InChI=1S/C43H60ClN3O10S/c1-4-50-17-18-52-21-22-54-25-26-56-29-30-57-28-27-55-24-23-53-20-19-51-16-15-45-42(49)35-7-5-34(6-8-35)36-9-14-41-39(31-36)40(32-43(3,58)47(41)33(2)48)46-38-12-10-37(44)11-13-38/h5-14,31,40,46,58H,4,15-30,32H2,1-3H3,(H,45,49)/t40-,43+/m1/s1. The van der Waals surface area contributed by atoms with E-state index in [0.29, 0.717) is 129 Å². The van der Waals surface area contributed by atoms with Crippen LogP contribution in [0.3, 0.4) is 0 Å². The topological polar surface area (TPSA) is 135 Å². The van der Waals surface area contributed by atoms with Crippen molar-refractivity contribution < 1.29 is 47.5 Å². The minimum Gasteiger partial charge on any atom is -0.379 e. The van der Waals surface area contributed by atoms with Crippen molar-refractivity contribution >= 4 is 47.4 Å². The Morgan fingerprint density at radius 1 is 0.690 bits per heavy atom. The first kappa shape index (κ1) is 47.4. The van der Waals surface area contributed by atoms with Gasteiger partial charge >= 0.3 is 0 Å². The molecule has 58 heavy (non-hydrogen) atoms. The number of nitrogens with one attached hydrogen (secondary N) is 2. The first-order valence-corrected chi connectivity index (χ1v) is 20.7. The van der Waals surface area contributed by atoms with Crippen LogP contribution < -0.4 is 15.5 Å². The Bertz CT molecular complexity index is 1630. The summed E-state index contributed by atoms with van der Waals surface area (Å²) >= 11 is 11.0. The number of fused-ring (bicyclic) bond motifs is 1. The van der Waals surface area contributed by atoms with Gasteiger partial charge in [0.1, 0.15) is 0 Å². The number of nitrogens with zero attached hydrogens (tertiary/aromatic N) is 1. The van der Waals surface area contributed by atoms with Crippen LogP contribution in [0.2, 0.25) is 5.02 Å². The largest absolute Gasteiger partial charge is 0.379 e. The van der Waals surface area contributed by atoms with Crippen molar-refractivity contribution in [1.82, 2.24) is 5.32 Å². The molecule has 0 unspecified atom stereocenters. The Hall–Kier alpha value is -3.28. The summed E-state index contributed by atoms with van der Waals surface area (Å²) in [4.78, 5) is 26.7. The number of ether oxygens (including phenoxy) is 8. The summed E-state index contributed by atoms with van der Waals surface area (Å²) in [6.07, 6.45) is 0.584. The van der Waals surface area contributed by atoms with Gasteiger partial charge in [0.2, 0.25) is 5.91 Å². The van der Waals surface area contributed by atoms with Crippen LogP contribution >= 0.6 is 24.2 Å². The third kappa shape index (κ3) is 16.8. The van der Waals surface area contributed by atoms with Gasteiger partial charge in [0, 0.05) is 42.8 Å². The molecule has 0 bridgehead atoms. The van der Waals surface area contributed by atoms with Crippen molar-refractivity contribution in [3.8, 4) is 11.1 Å². The molecule has 320 valence electrons. The number of carbonyl (C=O) groups is 2. The second kappa shape index (κ2) is 26.7. The van der Waals surface area contributed by atoms with Gasteiger partial charge in [0.25, 0.3) is 5.91 Å². The van der Waals surface area contributed by atoms with Gasteiger partial charge in [-0.15, -0.1) is 0 Å². The Kier molecular flexibility index (Phi) is 21.9. The third-order valence-corrected chi connectivity index (χ3v) is 9.67. The molecule has 4 rings (SSSR count). The van der Waals surface area contributed by atoms with E-state index in [-0.39, 0.29) is 17.9 Å². The lowest BCUT2D eigenvalue weighted by Gasteiger charge is -2.46. The maximum absolute atomic E-state index is 12.8. The van der Waals surface area contributed by atoms with Gasteiger partial charge in [-0.2, -0.15) is 12.6 Å². The smallest absolute Gasteiger partial charge is 0.251 e. The van der Waals surface area contributed by atoms with Crippen LogP contribution in [-0.2, 0) is 42.7 Å². The molecule has 2 atom stereocenters. The average molecular weight is 846 g/mol. The number of thiol groups is 1. The predicted octanol–water partition coefficient (Wildman–Crippen LogP) is 6.45. The van der Waals surface area contributed by atoms with Crippen LogP contribution in [0.25, 0.3) is 11.1 Å². The normalized spacial score (nSPS) is 16.3. The molecular weight excluding hydrogens is 786 g/mol. The molecule has 0 aliphatic carbocycles. The van der Waals surface area contributed by atoms with Crippen molar-refractivity contribution in [1.29, 1.82) is 0 Å². The lowest BCUT2D eigenvalue weighted by Crippen LogP contribution is -2.50. The number of carbonyl (C=O) groups excluding carboxylic acids is 2. The second-order valence-corrected chi connectivity index (χ2v) is 15.0. The minimum atomic E-state index is -0.694. The maximum atomic E-state index is 12.8. The lowest BCUT2D eigenvalue weighted by atomic mass is 9.88. The number of hydrogen-bond donors (Lipinski definition) is 3. The van der Waals surface area contributed by atoms with Crippen LogP contribution in [-0.4, -0.2) is 129 Å². The van der Waals surface area contributed by atoms with Crippen molar-refractivity contribution in [2.24, 2.45) is 0 Å². The van der Waals surface area contributed by atoms with Crippen molar-refractivity contribution in [3.63, 3.8) is 0 Å². The van der Waals surface area contributed by atoms with E-state index in [1.54, 1.807) is 11.8 Å². The molecule has 0 saturated heterocycles. The number of anilines is 2. The van der Waals surface area contributed by atoms with E-state index >= 15 is 0 Å². The summed E-state index contributed by atoms with van der Waals surface area (Å²) in [5.74, 6) is -0.256. The summed E-state index contributed by atoms with van der Waals surface area (Å²) in [7, 11) is 0. The van der Waals surface area contributed by atoms with Crippen LogP contribution in [0.5, 0.6) is 0 Å². The Labute approximate surface area is 353 Å². The molecule has 15 heteroatoms. The molecular formula is C43H60ClN3O10S. The molecule has 3 aromatic rings. The van der Waals surface area contributed by atoms with Crippen LogP contribution in [0, 0.1) is 0 Å². The minimum absolute atomic E-state index is 0.0751. The summed E-state index contributed by atoms with van der Waals surface area (Å²) in [6.45, 7) is 13.9. The number of rotatable bonds is 29. The monoisotopic (exact) mass is 845 g/mol. The van der Waals surface area contributed by atoms with E-state index in [2.05, 4.69) is 16.7 Å². The van der Waals surface area contributed by atoms with Crippen LogP contribution in [0.15, 0.2) is 66.7 Å². The van der Waals surface area contributed by atoms with Gasteiger partial charge in [-0.05, 0) is 79.1 Å². The van der Waals surface area contributed by atoms with Crippen molar-refractivity contribution in [3.05, 3.63) is 82.9 Å². The third-order valence-electron chi connectivity index (χ3n) is 9.04. The molecule has 0 saturated carbocycles. The zero-order valence-electron chi connectivity index (χ0n) is 34.0. The van der Waals surface area contributed by atoms with Crippen molar-refractivity contribution in [2.75, 3.05) is 122 Å². The number of benzene rings is 3. The van der Waals surface area contributed by atoms with E-state index in [9.17, 15) is 9.59 Å². The Balaban J connectivity index is 1.04. The van der Waals surface area contributed by atoms with Crippen molar-refractivity contribution in [2.45, 2.75) is 38.1 Å². The van der Waals surface area contributed by atoms with E-state index in [1.165, 1.54) is 0 Å². The van der Waals surface area contributed by atoms with Gasteiger partial charge in [-0.1, -0.05) is 29.8 Å². The lowest BCUT2D eigenvalue weighted by molar-refractivity contribution is -0.117. The van der Waals surface area contributed by atoms with Gasteiger partial charge < -0.3 is 48.5 Å². The fraction of sp³-hybridized carbons (Fsp3) is 0.535. The number of amides is 2. The van der Waals surface area contributed by atoms with E-state index in [4.69, 9.17) is 62.1 Å². The predicted molar refractivity (Wildman–Crippen MR) is 229 cm³/mol. The summed E-state index contributed by atoms with van der Waals surface area (Å²) in [5.41, 5.74) is 5.19. The molecule has 0 aromatic heterocycles. The van der Waals surface area contributed by atoms with Gasteiger partial charge in [0.15, 0.2) is 0 Å². The second-order valence-electron chi connectivity index (χ2n) is 13.6. The molecule has 3 aromatic carbocycles. The zero-order valence-corrected chi connectivity index (χ0v) is 35.7. The number of hydrogen-bond acceptors (Lipinski definition) is 12. The first-order chi connectivity index (χ1) is 28.2. The Morgan fingerprint density at radius 3 is 1.64 bits per heavy atom. The van der Waals surface area contributed by atoms with E-state index in [1.807, 2.05) is 74.5 Å². The highest BCUT2D eigenvalue weighted by Crippen LogP contribution is 2.47. The molecule has 0 fully saturated rings. The SMILES string of the molecule is CCOCCOCCOCCOCCOCCOCCOCCOCCNC(=O)c1ccc(-c2ccc3c(c2)[C@H](Nc2ccc(Cl)cc2)C[C@](C)(S)N3C(C)=O)cc1. The van der Waals surface area contributed by atoms with Gasteiger partial charge in [0.05, 0.1) is 116 Å². The molecule has 2 amide bonds. The van der Waals surface area contributed by atoms with E-state index < -0.39 is 4.87 Å². The summed E-state index contributed by atoms with van der Waals surface area (Å²) in [5, 5.41) is 7.17.